The zero-order chi connectivity index (χ0) is 18.9. The predicted molar refractivity (Wildman–Crippen MR) is 110 cm³/mol. The molecule has 6 heteroatoms. The number of likely N-dealkylation sites (tertiary alicyclic amines) is 1. The summed E-state index contributed by atoms with van der Waals surface area (Å²) in [7, 11) is 0. The van der Waals surface area contributed by atoms with Crippen molar-refractivity contribution in [3.63, 3.8) is 0 Å². The van der Waals surface area contributed by atoms with Gasteiger partial charge in [-0.05, 0) is 55.5 Å². The third kappa shape index (κ3) is 3.54. The summed E-state index contributed by atoms with van der Waals surface area (Å²) in [6.45, 7) is 3.91. The van der Waals surface area contributed by atoms with Crippen molar-refractivity contribution in [2.75, 3.05) is 19.7 Å². The number of imidazole rings is 1. The highest BCUT2D eigenvalue weighted by Crippen LogP contribution is 2.35. The lowest BCUT2D eigenvalue weighted by Gasteiger charge is -2.33. The van der Waals surface area contributed by atoms with E-state index in [0.717, 1.165) is 73.9 Å². The van der Waals surface area contributed by atoms with Crippen LogP contribution in [-0.4, -0.2) is 39.1 Å². The van der Waals surface area contributed by atoms with E-state index in [2.05, 4.69) is 32.7 Å². The van der Waals surface area contributed by atoms with E-state index in [1.165, 1.54) is 5.56 Å². The first kappa shape index (κ1) is 18.1. The highest BCUT2D eigenvalue weighted by molar-refractivity contribution is 6.30. The number of aromatic nitrogens is 3. The zero-order valence-electron chi connectivity index (χ0n) is 15.9. The van der Waals surface area contributed by atoms with Gasteiger partial charge in [-0.2, -0.15) is 0 Å². The molecule has 4 heterocycles. The molecule has 2 aliphatic heterocycles. The van der Waals surface area contributed by atoms with Gasteiger partial charge in [-0.15, -0.1) is 0 Å². The standard InChI is InChI=1S/C22H25ClN4O/c23-17-5-1-4-16(14-17)15-26-11-8-18(9-12-26)27-21-19(6-2-10-24-21)25-22(27)20-7-3-13-28-20/h1-2,4-6,10,14,18,20H,3,7-9,11-13,15H2. The molecule has 0 bridgehead atoms. The van der Waals surface area contributed by atoms with E-state index in [4.69, 9.17) is 21.3 Å². The Morgan fingerprint density at radius 3 is 2.79 bits per heavy atom. The van der Waals surface area contributed by atoms with Crippen LogP contribution >= 0.6 is 11.6 Å². The molecule has 2 aromatic heterocycles. The fourth-order valence-corrected chi connectivity index (χ4v) is 4.76. The first-order valence-corrected chi connectivity index (χ1v) is 10.6. The topological polar surface area (TPSA) is 43.2 Å². The largest absolute Gasteiger partial charge is 0.370 e. The van der Waals surface area contributed by atoms with E-state index in [9.17, 15) is 0 Å². The van der Waals surface area contributed by atoms with Crippen molar-refractivity contribution in [1.29, 1.82) is 0 Å². The van der Waals surface area contributed by atoms with Gasteiger partial charge in [-0.3, -0.25) is 4.90 Å². The van der Waals surface area contributed by atoms with Crippen LogP contribution in [0.4, 0.5) is 0 Å². The molecule has 0 spiro atoms. The second-order valence-corrected chi connectivity index (χ2v) is 8.26. The minimum absolute atomic E-state index is 0.110. The molecule has 3 aromatic rings. The summed E-state index contributed by atoms with van der Waals surface area (Å²) in [6.07, 6.45) is 6.34. The molecule has 1 unspecified atom stereocenters. The number of nitrogens with zero attached hydrogens (tertiary/aromatic N) is 4. The Bertz CT molecular complexity index is 958. The summed E-state index contributed by atoms with van der Waals surface area (Å²) >= 11 is 6.14. The Labute approximate surface area is 170 Å². The van der Waals surface area contributed by atoms with Crippen LogP contribution in [0.25, 0.3) is 11.2 Å². The summed E-state index contributed by atoms with van der Waals surface area (Å²) in [4.78, 5) is 12.1. The fraction of sp³-hybridized carbons (Fsp3) is 0.455. The van der Waals surface area contributed by atoms with Gasteiger partial charge in [-0.1, -0.05) is 23.7 Å². The molecule has 2 saturated heterocycles. The molecule has 2 fully saturated rings. The number of halogens is 1. The van der Waals surface area contributed by atoms with Gasteiger partial charge in [0, 0.05) is 43.5 Å². The van der Waals surface area contributed by atoms with E-state index in [-0.39, 0.29) is 6.10 Å². The minimum Gasteiger partial charge on any atom is -0.370 e. The molecule has 0 N–H and O–H groups in total. The highest BCUT2D eigenvalue weighted by Gasteiger charge is 2.30. The number of ether oxygens (including phenoxy) is 1. The third-order valence-electron chi connectivity index (χ3n) is 5.91. The van der Waals surface area contributed by atoms with Gasteiger partial charge in [0.25, 0.3) is 0 Å². The van der Waals surface area contributed by atoms with Gasteiger partial charge >= 0.3 is 0 Å². The second-order valence-electron chi connectivity index (χ2n) is 7.83. The summed E-state index contributed by atoms with van der Waals surface area (Å²) in [5.41, 5.74) is 3.26. The van der Waals surface area contributed by atoms with Gasteiger partial charge in [-0.25, -0.2) is 9.97 Å². The number of hydrogen-bond acceptors (Lipinski definition) is 4. The number of rotatable bonds is 4. The summed E-state index contributed by atoms with van der Waals surface area (Å²) in [5.74, 6) is 1.07. The van der Waals surface area contributed by atoms with E-state index in [0.29, 0.717) is 6.04 Å². The first-order chi connectivity index (χ1) is 13.8. The van der Waals surface area contributed by atoms with Gasteiger partial charge in [0.05, 0.1) is 0 Å². The molecule has 2 aliphatic rings. The fourth-order valence-electron chi connectivity index (χ4n) is 4.54. The van der Waals surface area contributed by atoms with E-state index >= 15 is 0 Å². The van der Waals surface area contributed by atoms with Gasteiger partial charge in [0.2, 0.25) is 0 Å². The summed E-state index contributed by atoms with van der Waals surface area (Å²) < 4.78 is 8.35. The van der Waals surface area contributed by atoms with Crippen molar-refractivity contribution in [2.24, 2.45) is 0 Å². The van der Waals surface area contributed by atoms with Crippen molar-refractivity contribution in [3.05, 3.63) is 59.0 Å². The van der Waals surface area contributed by atoms with Crippen LogP contribution in [0.3, 0.4) is 0 Å². The predicted octanol–water partition coefficient (Wildman–Crippen LogP) is 4.77. The average Bonchev–Trinajstić information content (AvgIpc) is 3.36. The van der Waals surface area contributed by atoms with Crippen molar-refractivity contribution in [3.8, 4) is 0 Å². The van der Waals surface area contributed by atoms with Crippen molar-refractivity contribution >= 4 is 22.8 Å². The molecule has 146 valence electrons. The van der Waals surface area contributed by atoms with E-state index in [1.54, 1.807) is 0 Å². The van der Waals surface area contributed by atoms with Gasteiger partial charge < -0.3 is 9.30 Å². The van der Waals surface area contributed by atoms with Crippen LogP contribution in [0.15, 0.2) is 42.6 Å². The Morgan fingerprint density at radius 1 is 1.11 bits per heavy atom. The first-order valence-electron chi connectivity index (χ1n) is 10.2. The molecule has 5 nitrogen and oxygen atoms in total. The van der Waals surface area contributed by atoms with Crippen LogP contribution in [0.1, 0.15) is 49.2 Å². The number of piperidine rings is 1. The Balaban J connectivity index is 1.36. The van der Waals surface area contributed by atoms with Crippen LogP contribution in [0.5, 0.6) is 0 Å². The Morgan fingerprint density at radius 2 is 2.00 bits per heavy atom. The lowest BCUT2D eigenvalue weighted by molar-refractivity contribution is 0.0970. The maximum atomic E-state index is 6.14. The second kappa shape index (κ2) is 7.82. The Hall–Kier alpha value is -1.95. The number of hydrogen-bond donors (Lipinski definition) is 0. The molecule has 0 radical (unpaired) electrons. The number of pyridine rings is 1. The van der Waals surface area contributed by atoms with Gasteiger partial charge in [0.1, 0.15) is 17.4 Å². The summed E-state index contributed by atoms with van der Waals surface area (Å²) in [6, 6.07) is 12.6. The van der Waals surface area contributed by atoms with Crippen LogP contribution in [-0.2, 0) is 11.3 Å². The highest BCUT2D eigenvalue weighted by atomic mass is 35.5. The van der Waals surface area contributed by atoms with Crippen molar-refractivity contribution < 1.29 is 4.74 Å². The monoisotopic (exact) mass is 396 g/mol. The van der Waals surface area contributed by atoms with Crippen LogP contribution in [0.2, 0.25) is 5.02 Å². The lowest BCUT2D eigenvalue weighted by Crippen LogP contribution is -2.34. The van der Waals surface area contributed by atoms with Crippen LogP contribution in [0, 0.1) is 0 Å². The van der Waals surface area contributed by atoms with E-state index in [1.807, 2.05) is 24.4 Å². The molecule has 1 atom stereocenters. The zero-order valence-corrected chi connectivity index (χ0v) is 16.7. The SMILES string of the molecule is Clc1cccc(CN2CCC(n3c(C4CCCO4)nc4cccnc43)CC2)c1. The maximum Gasteiger partial charge on any atom is 0.160 e. The van der Waals surface area contributed by atoms with Crippen LogP contribution < -0.4 is 0 Å². The smallest absolute Gasteiger partial charge is 0.160 e. The lowest BCUT2D eigenvalue weighted by atomic mass is 10.0. The third-order valence-corrected chi connectivity index (χ3v) is 6.15. The van der Waals surface area contributed by atoms with Crippen molar-refractivity contribution in [1.82, 2.24) is 19.4 Å². The molecule has 28 heavy (non-hydrogen) atoms. The van der Waals surface area contributed by atoms with Gasteiger partial charge in [0.15, 0.2) is 5.65 Å². The molecular formula is C22H25ClN4O. The molecule has 0 amide bonds. The minimum atomic E-state index is 0.110. The maximum absolute atomic E-state index is 6.14. The average molecular weight is 397 g/mol. The molecule has 5 rings (SSSR count). The number of benzene rings is 1. The number of fused-ring (bicyclic) bond motifs is 1. The van der Waals surface area contributed by atoms with E-state index < -0.39 is 0 Å². The normalized spacial score (nSPS) is 21.5. The quantitative estimate of drug-likeness (QED) is 0.636. The molecule has 0 aliphatic carbocycles. The molecule has 1 aromatic carbocycles. The molecule has 0 saturated carbocycles. The van der Waals surface area contributed by atoms with Crippen molar-refractivity contribution in [2.45, 2.75) is 44.4 Å². The summed E-state index contributed by atoms with van der Waals surface area (Å²) in [5, 5.41) is 0.810. The molecular weight excluding hydrogens is 372 g/mol. The Kier molecular flexibility index (Phi) is 5.05.